The van der Waals surface area contributed by atoms with Crippen molar-refractivity contribution >= 4 is 5.69 Å². The summed E-state index contributed by atoms with van der Waals surface area (Å²) >= 11 is 0. The molecule has 2 N–H and O–H groups in total. The maximum absolute atomic E-state index is 5.61. The summed E-state index contributed by atoms with van der Waals surface area (Å²) in [5.74, 6) is 0. The summed E-state index contributed by atoms with van der Waals surface area (Å²) in [5.41, 5.74) is 9.13. The predicted molar refractivity (Wildman–Crippen MR) is 80.2 cm³/mol. The van der Waals surface area contributed by atoms with E-state index < -0.39 is 0 Å². The maximum Gasteiger partial charge on any atom is 0.0560 e. The Labute approximate surface area is 115 Å². The van der Waals surface area contributed by atoms with Gasteiger partial charge in [-0.15, -0.1) is 0 Å². The Morgan fingerprint density at radius 3 is 2.68 bits per heavy atom. The SMILES string of the molecule is CN(CCCc1ccccc1)c1ccnc(CN)c1. The summed E-state index contributed by atoms with van der Waals surface area (Å²) in [5, 5.41) is 0. The van der Waals surface area contributed by atoms with Gasteiger partial charge in [-0.25, -0.2) is 0 Å². The van der Waals surface area contributed by atoms with Crippen LogP contribution in [0.15, 0.2) is 48.7 Å². The first-order valence-electron chi connectivity index (χ1n) is 6.69. The van der Waals surface area contributed by atoms with Gasteiger partial charge in [-0.05, 0) is 30.5 Å². The molecule has 3 heteroatoms. The van der Waals surface area contributed by atoms with Crippen LogP contribution in [0.2, 0.25) is 0 Å². The molecule has 1 heterocycles. The lowest BCUT2D eigenvalue weighted by atomic mass is 10.1. The minimum atomic E-state index is 0.492. The summed E-state index contributed by atoms with van der Waals surface area (Å²) in [7, 11) is 2.11. The molecule has 0 aliphatic rings. The third kappa shape index (κ3) is 4.07. The average molecular weight is 255 g/mol. The third-order valence-electron chi connectivity index (χ3n) is 3.25. The Bertz CT molecular complexity index is 496. The average Bonchev–Trinajstić information content (AvgIpc) is 2.48. The molecule has 0 aliphatic heterocycles. The topological polar surface area (TPSA) is 42.2 Å². The lowest BCUT2D eigenvalue weighted by Crippen LogP contribution is -2.19. The highest BCUT2D eigenvalue weighted by atomic mass is 15.1. The minimum Gasteiger partial charge on any atom is -0.374 e. The maximum atomic E-state index is 5.61. The molecule has 100 valence electrons. The summed E-state index contributed by atoms with van der Waals surface area (Å²) < 4.78 is 0. The van der Waals surface area contributed by atoms with E-state index in [9.17, 15) is 0 Å². The molecular weight excluding hydrogens is 234 g/mol. The second-order valence-electron chi connectivity index (χ2n) is 4.72. The van der Waals surface area contributed by atoms with Crippen LogP contribution in [0.25, 0.3) is 0 Å². The van der Waals surface area contributed by atoms with Crippen LogP contribution in [0.4, 0.5) is 5.69 Å². The highest BCUT2D eigenvalue weighted by Gasteiger charge is 2.02. The number of benzene rings is 1. The molecule has 0 amide bonds. The standard InChI is InChI=1S/C16H21N3/c1-19(16-9-10-18-15(12-16)13-17)11-5-8-14-6-3-2-4-7-14/h2-4,6-7,9-10,12H,5,8,11,13,17H2,1H3. The van der Waals surface area contributed by atoms with Crippen LogP contribution in [-0.2, 0) is 13.0 Å². The Morgan fingerprint density at radius 2 is 1.95 bits per heavy atom. The van der Waals surface area contributed by atoms with Gasteiger partial charge in [0.25, 0.3) is 0 Å². The second kappa shape index (κ2) is 6.90. The van der Waals surface area contributed by atoms with Gasteiger partial charge in [0.15, 0.2) is 0 Å². The summed E-state index contributed by atoms with van der Waals surface area (Å²) in [6, 6.07) is 14.7. The van der Waals surface area contributed by atoms with E-state index in [4.69, 9.17) is 5.73 Å². The zero-order valence-corrected chi connectivity index (χ0v) is 11.4. The molecule has 0 fully saturated rings. The van der Waals surface area contributed by atoms with Crippen molar-refractivity contribution < 1.29 is 0 Å². The van der Waals surface area contributed by atoms with E-state index in [-0.39, 0.29) is 0 Å². The van der Waals surface area contributed by atoms with Crippen molar-refractivity contribution in [2.45, 2.75) is 19.4 Å². The summed E-state index contributed by atoms with van der Waals surface area (Å²) in [4.78, 5) is 6.47. The molecule has 0 saturated carbocycles. The molecule has 0 bridgehead atoms. The van der Waals surface area contributed by atoms with Crippen LogP contribution in [0.1, 0.15) is 17.7 Å². The smallest absolute Gasteiger partial charge is 0.0560 e. The number of aryl methyl sites for hydroxylation is 1. The lowest BCUT2D eigenvalue weighted by Gasteiger charge is -2.19. The normalized spacial score (nSPS) is 10.4. The molecule has 0 unspecified atom stereocenters. The number of rotatable bonds is 6. The molecule has 0 spiro atoms. The highest BCUT2D eigenvalue weighted by molar-refractivity contribution is 5.45. The van der Waals surface area contributed by atoms with E-state index in [1.54, 1.807) is 0 Å². The van der Waals surface area contributed by atoms with Crippen LogP contribution < -0.4 is 10.6 Å². The van der Waals surface area contributed by atoms with Crippen molar-refractivity contribution in [2.24, 2.45) is 5.73 Å². The van der Waals surface area contributed by atoms with E-state index >= 15 is 0 Å². The number of hydrogen-bond acceptors (Lipinski definition) is 3. The molecule has 2 rings (SSSR count). The van der Waals surface area contributed by atoms with Gasteiger partial charge in [0.2, 0.25) is 0 Å². The third-order valence-corrected chi connectivity index (χ3v) is 3.25. The second-order valence-corrected chi connectivity index (χ2v) is 4.72. The van der Waals surface area contributed by atoms with E-state index in [1.807, 2.05) is 12.3 Å². The summed E-state index contributed by atoms with van der Waals surface area (Å²) in [6.45, 7) is 1.52. The van der Waals surface area contributed by atoms with Gasteiger partial charge in [-0.2, -0.15) is 0 Å². The fourth-order valence-electron chi connectivity index (χ4n) is 2.11. The van der Waals surface area contributed by atoms with Crippen molar-refractivity contribution in [1.29, 1.82) is 0 Å². The highest BCUT2D eigenvalue weighted by Crippen LogP contribution is 2.13. The van der Waals surface area contributed by atoms with Crippen molar-refractivity contribution in [2.75, 3.05) is 18.5 Å². The van der Waals surface area contributed by atoms with Crippen LogP contribution in [-0.4, -0.2) is 18.6 Å². The molecule has 0 radical (unpaired) electrons. The van der Waals surface area contributed by atoms with Gasteiger partial charge in [0.05, 0.1) is 5.69 Å². The fourth-order valence-corrected chi connectivity index (χ4v) is 2.11. The van der Waals surface area contributed by atoms with Crippen molar-refractivity contribution in [1.82, 2.24) is 4.98 Å². The number of aromatic nitrogens is 1. The predicted octanol–water partition coefficient (Wildman–Crippen LogP) is 2.61. The molecular formula is C16H21N3. The molecule has 0 saturated heterocycles. The first-order chi connectivity index (χ1) is 9.29. The number of pyridine rings is 1. The number of hydrogen-bond donors (Lipinski definition) is 1. The van der Waals surface area contributed by atoms with E-state index in [0.717, 1.165) is 25.1 Å². The zero-order chi connectivity index (χ0) is 13.5. The van der Waals surface area contributed by atoms with Crippen LogP contribution >= 0.6 is 0 Å². The molecule has 1 aromatic heterocycles. The molecule has 3 nitrogen and oxygen atoms in total. The van der Waals surface area contributed by atoms with Gasteiger partial charge in [0, 0.05) is 32.0 Å². The molecule has 19 heavy (non-hydrogen) atoms. The number of nitrogens with two attached hydrogens (primary N) is 1. The Balaban J connectivity index is 1.85. The van der Waals surface area contributed by atoms with Gasteiger partial charge in [-0.3, -0.25) is 4.98 Å². The molecule has 1 aromatic carbocycles. The zero-order valence-electron chi connectivity index (χ0n) is 11.4. The monoisotopic (exact) mass is 255 g/mol. The van der Waals surface area contributed by atoms with Gasteiger partial charge < -0.3 is 10.6 Å². The largest absolute Gasteiger partial charge is 0.374 e. The molecule has 0 atom stereocenters. The molecule has 2 aromatic rings. The van der Waals surface area contributed by atoms with Gasteiger partial charge in [-0.1, -0.05) is 30.3 Å². The number of anilines is 1. The lowest BCUT2D eigenvalue weighted by molar-refractivity contribution is 0.784. The van der Waals surface area contributed by atoms with Crippen molar-refractivity contribution in [3.63, 3.8) is 0 Å². The van der Waals surface area contributed by atoms with Crippen LogP contribution in [0, 0.1) is 0 Å². The van der Waals surface area contributed by atoms with Crippen molar-refractivity contribution in [3.05, 3.63) is 59.9 Å². The quantitative estimate of drug-likeness (QED) is 0.862. The Kier molecular flexibility index (Phi) is 4.93. The fraction of sp³-hybridized carbons (Fsp3) is 0.312. The first-order valence-corrected chi connectivity index (χ1v) is 6.69. The molecule has 0 aliphatic carbocycles. The Morgan fingerprint density at radius 1 is 1.16 bits per heavy atom. The van der Waals surface area contributed by atoms with Gasteiger partial charge >= 0.3 is 0 Å². The first kappa shape index (κ1) is 13.6. The van der Waals surface area contributed by atoms with E-state index in [2.05, 4.69) is 53.3 Å². The van der Waals surface area contributed by atoms with Crippen LogP contribution in [0.3, 0.4) is 0 Å². The number of nitrogens with zero attached hydrogens (tertiary/aromatic N) is 2. The van der Waals surface area contributed by atoms with Crippen molar-refractivity contribution in [3.8, 4) is 0 Å². The van der Waals surface area contributed by atoms with E-state index in [1.165, 1.54) is 11.3 Å². The van der Waals surface area contributed by atoms with Crippen LogP contribution in [0.5, 0.6) is 0 Å². The van der Waals surface area contributed by atoms with Gasteiger partial charge in [0.1, 0.15) is 0 Å². The van der Waals surface area contributed by atoms with E-state index in [0.29, 0.717) is 6.54 Å². The Hall–Kier alpha value is -1.87. The summed E-state index contributed by atoms with van der Waals surface area (Å²) in [6.07, 6.45) is 4.08. The minimum absolute atomic E-state index is 0.492.